The lowest BCUT2D eigenvalue weighted by Crippen LogP contribution is -2.35. The predicted molar refractivity (Wildman–Crippen MR) is 69.3 cm³/mol. The topological polar surface area (TPSA) is 39.0 Å². The summed E-state index contributed by atoms with van der Waals surface area (Å²) in [5, 5.41) is 3.52. The van der Waals surface area contributed by atoms with Crippen LogP contribution >= 0.6 is 0 Å². The molecule has 2 heterocycles. The zero-order valence-corrected chi connectivity index (χ0v) is 10.9. The summed E-state index contributed by atoms with van der Waals surface area (Å²) < 4.78 is 3.62. The van der Waals surface area contributed by atoms with Gasteiger partial charge in [-0.05, 0) is 39.7 Å². The lowest BCUT2D eigenvalue weighted by molar-refractivity contribution is 0.364. The van der Waals surface area contributed by atoms with Crippen LogP contribution in [-0.2, 0) is 6.54 Å². The van der Waals surface area contributed by atoms with Gasteiger partial charge in [0.1, 0.15) is 0 Å². The van der Waals surface area contributed by atoms with Crippen molar-refractivity contribution < 1.29 is 0 Å². The maximum absolute atomic E-state index is 12.0. The summed E-state index contributed by atoms with van der Waals surface area (Å²) in [6.07, 6.45) is 8.72. The predicted octanol–water partition coefficient (Wildman–Crippen LogP) is 1.76. The molecule has 1 saturated heterocycles. The van der Waals surface area contributed by atoms with Gasteiger partial charge in [-0.2, -0.15) is 0 Å². The van der Waals surface area contributed by atoms with Gasteiger partial charge >= 0.3 is 5.69 Å². The average molecular weight is 237 g/mol. The van der Waals surface area contributed by atoms with E-state index < -0.39 is 0 Å². The molecule has 4 heteroatoms. The summed E-state index contributed by atoms with van der Waals surface area (Å²) in [7, 11) is 0. The highest BCUT2D eigenvalue weighted by atomic mass is 16.1. The van der Waals surface area contributed by atoms with E-state index in [2.05, 4.69) is 5.32 Å². The van der Waals surface area contributed by atoms with Gasteiger partial charge in [0.05, 0.1) is 0 Å². The van der Waals surface area contributed by atoms with Gasteiger partial charge in [-0.1, -0.05) is 6.42 Å². The first-order valence-corrected chi connectivity index (χ1v) is 6.69. The number of nitrogens with zero attached hydrogens (tertiary/aromatic N) is 2. The SMILES string of the molecule is CC(C)n1ccn(CCC2CCCCN2)c1=O. The molecule has 0 amide bonds. The first-order chi connectivity index (χ1) is 8.18. The highest BCUT2D eigenvalue weighted by Crippen LogP contribution is 2.10. The summed E-state index contributed by atoms with van der Waals surface area (Å²) in [5.74, 6) is 0. The quantitative estimate of drug-likeness (QED) is 0.866. The van der Waals surface area contributed by atoms with Crippen LogP contribution in [0.5, 0.6) is 0 Å². The first kappa shape index (κ1) is 12.4. The number of hydrogen-bond donors (Lipinski definition) is 1. The molecule has 96 valence electrons. The Bertz CT molecular complexity index is 399. The molecule has 1 aromatic rings. The Kier molecular flexibility index (Phi) is 4.05. The molecule has 1 unspecified atom stereocenters. The molecule has 0 spiro atoms. The number of piperidine rings is 1. The van der Waals surface area contributed by atoms with Crippen LogP contribution in [0.1, 0.15) is 45.6 Å². The molecule has 1 fully saturated rings. The van der Waals surface area contributed by atoms with Gasteiger partial charge in [0, 0.05) is 31.0 Å². The first-order valence-electron chi connectivity index (χ1n) is 6.69. The van der Waals surface area contributed by atoms with Crippen molar-refractivity contribution >= 4 is 0 Å². The molecule has 0 bridgehead atoms. The van der Waals surface area contributed by atoms with Crippen molar-refractivity contribution in [1.82, 2.24) is 14.5 Å². The molecule has 0 aliphatic carbocycles. The van der Waals surface area contributed by atoms with Crippen molar-refractivity contribution in [3.05, 3.63) is 22.9 Å². The minimum absolute atomic E-state index is 0.121. The molecule has 17 heavy (non-hydrogen) atoms. The van der Waals surface area contributed by atoms with Crippen LogP contribution in [0.3, 0.4) is 0 Å². The molecule has 1 aromatic heterocycles. The van der Waals surface area contributed by atoms with Crippen molar-refractivity contribution in [2.45, 2.75) is 58.2 Å². The molecule has 1 aliphatic rings. The van der Waals surface area contributed by atoms with Crippen molar-refractivity contribution in [3.8, 4) is 0 Å². The third kappa shape index (κ3) is 3.00. The van der Waals surface area contributed by atoms with Crippen LogP contribution in [-0.4, -0.2) is 21.7 Å². The summed E-state index contributed by atoms with van der Waals surface area (Å²) >= 11 is 0. The Hall–Kier alpha value is -1.03. The number of nitrogens with one attached hydrogen (secondary N) is 1. The van der Waals surface area contributed by atoms with Crippen LogP contribution in [0.25, 0.3) is 0 Å². The third-order valence-corrected chi connectivity index (χ3v) is 3.56. The van der Waals surface area contributed by atoms with E-state index in [0.717, 1.165) is 19.5 Å². The fraction of sp³-hybridized carbons (Fsp3) is 0.769. The van der Waals surface area contributed by atoms with E-state index in [0.29, 0.717) is 6.04 Å². The lowest BCUT2D eigenvalue weighted by Gasteiger charge is -2.23. The summed E-state index contributed by atoms with van der Waals surface area (Å²) in [6, 6.07) is 0.842. The fourth-order valence-corrected chi connectivity index (χ4v) is 2.46. The van der Waals surface area contributed by atoms with Crippen LogP contribution in [0.15, 0.2) is 17.2 Å². The van der Waals surface area contributed by atoms with Crippen molar-refractivity contribution in [3.63, 3.8) is 0 Å². The molecule has 1 aliphatic heterocycles. The summed E-state index contributed by atoms with van der Waals surface area (Å²) in [6.45, 7) is 6.03. The normalized spacial score (nSPS) is 21.0. The monoisotopic (exact) mass is 237 g/mol. The third-order valence-electron chi connectivity index (χ3n) is 3.56. The minimum Gasteiger partial charge on any atom is -0.314 e. The van der Waals surface area contributed by atoms with E-state index in [9.17, 15) is 4.79 Å². The van der Waals surface area contributed by atoms with Gasteiger partial charge in [-0.25, -0.2) is 4.79 Å². The van der Waals surface area contributed by atoms with Crippen LogP contribution < -0.4 is 11.0 Å². The van der Waals surface area contributed by atoms with E-state index in [4.69, 9.17) is 0 Å². The van der Waals surface area contributed by atoms with Gasteiger partial charge in [0.25, 0.3) is 0 Å². The maximum atomic E-state index is 12.0. The van der Waals surface area contributed by atoms with Gasteiger partial charge < -0.3 is 5.32 Å². The van der Waals surface area contributed by atoms with Gasteiger partial charge in [-0.3, -0.25) is 9.13 Å². The number of imidazole rings is 1. The minimum atomic E-state index is 0.121. The second kappa shape index (κ2) is 5.54. The van der Waals surface area contributed by atoms with Gasteiger partial charge in [-0.15, -0.1) is 0 Å². The lowest BCUT2D eigenvalue weighted by atomic mass is 10.0. The Labute approximate surface area is 103 Å². The zero-order valence-electron chi connectivity index (χ0n) is 10.9. The van der Waals surface area contributed by atoms with Crippen LogP contribution in [0, 0.1) is 0 Å². The average Bonchev–Trinajstić information content (AvgIpc) is 2.69. The second-order valence-electron chi connectivity index (χ2n) is 5.21. The fourth-order valence-electron chi connectivity index (χ4n) is 2.46. The van der Waals surface area contributed by atoms with E-state index in [1.54, 1.807) is 4.57 Å². The van der Waals surface area contributed by atoms with Crippen molar-refractivity contribution in [2.75, 3.05) is 6.54 Å². The Morgan fingerprint density at radius 2 is 2.24 bits per heavy atom. The maximum Gasteiger partial charge on any atom is 0.328 e. The van der Waals surface area contributed by atoms with E-state index >= 15 is 0 Å². The van der Waals surface area contributed by atoms with Crippen molar-refractivity contribution in [1.29, 1.82) is 0 Å². The number of aromatic nitrogens is 2. The molecular formula is C13H23N3O. The van der Waals surface area contributed by atoms with E-state index in [1.807, 2.05) is 30.8 Å². The number of rotatable bonds is 4. The molecule has 0 saturated carbocycles. The van der Waals surface area contributed by atoms with Crippen molar-refractivity contribution in [2.24, 2.45) is 0 Å². The second-order valence-corrected chi connectivity index (χ2v) is 5.21. The number of aryl methyl sites for hydroxylation is 1. The zero-order chi connectivity index (χ0) is 12.3. The highest BCUT2D eigenvalue weighted by molar-refractivity contribution is 4.84. The summed E-state index contributed by atoms with van der Waals surface area (Å²) in [5.41, 5.74) is 0.121. The summed E-state index contributed by atoms with van der Waals surface area (Å²) in [4.78, 5) is 12.0. The molecule has 0 aromatic carbocycles. The molecule has 4 nitrogen and oxygen atoms in total. The molecular weight excluding hydrogens is 214 g/mol. The van der Waals surface area contributed by atoms with Crippen LogP contribution in [0.2, 0.25) is 0 Å². The standard InChI is InChI=1S/C13H23N3O/c1-11(2)16-10-9-15(13(16)17)8-6-12-5-3-4-7-14-12/h9-12,14H,3-8H2,1-2H3. The van der Waals surface area contributed by atoms with E-state index in [-0.39, 0.29) is 11.7 Å². The molecule has 1 N–H and O–H groups in total. The van der Waals surface area contributed by atoms with Crippen LogP contribution in [0.4, 0.5) is 0 Å². The Morgan fingerprint density at radius 3 is 2.82 bits per heavy atom. The van der Waals surface area contributed by atoms with E-state index in [1.165, 1.54) is 19.3 Å². The van der Waals surface area contributed by atoms with Gasteiger partial charge in [0.2, 0.25) is 0 Å². The highest BCUT2D eigenvalue weighted by Gasteiger charge is 2.13. The molecule has 2 rings (SSSR count). The largest absolute Gasteiger partial charge is 0.328 e. The molecule has 1 atom stereocenters. The van der Waals surface area contributed by atoms with Gasteiger partial charge in [0.15, 0.2) is 0 Å². The Morgan fingerprint density at radius 1 is 1.41 bits per heavy atom. The smallest absolute Gasteiger partial charge is 0.314 e. The Balaban J connectivity index is 1.92. The number of hydrogen-bond acceptors (Lipinski definition) is 2. The molecule has 0 radical (unpaired) electrons.